The quantitative estimate of drug-likeness (QED) is 0.440. The highest BCUT2D eigenvalue weighted by atomic mass is 19.1. The van der Waals surface area contributed by atoms with Crippen molar-refractivity contribution in [3.8, 4) is 0 Å². The normalized spacial score (nSPS) is 11.0. The van der Waals surface area contributed by atoms with Crippen molar-refractivity contribution in [2.45, 2.75) is 32.4 Å². The van der Waals surface area contributed by atoms with Gasteiger partial charge in [0.2, 0.25) is 5.91 Å². The monoisotopic (exact) mass is 433 g/mol. The number of aromatic nitrogens is 4. The van der Waals surface area contributed by atoms with Gasteiger partial charge in [-0.25, -0.2) is 14.1 Å². The van der Waals surface area contributed by atoms with E-state index < -0.39 is 0 Å². The molecule has 0 saturated heterocycles. The fraction of sp³-hybridized carbons (Fsp3) is 0.250. The summed E-state index contributed by atoms with van der Waals surface area (Å²) < 4.78 is 16.2. The third-order valence-electron chi connectivity index (χ3n) is 5.25. The van der Waals surface area contributed by atoms with Gasteiger partial charge in [0, 0.05) is 13.0 Å². The summed E-state index contributed by atoms with van der Waals surface area (Å²) in [6.07, 6.45) is 5.07. The molecule has 32 heavy (non-hydrogen) atoms. The molecule has 0 aliphatic carbocycles. The molecule has 0 aliphatic rings. The Morgan fingerprint density at radius 1 is 1.03 bits per heavy atom. The van der Waals surface area contributed by atoms with Crippen LogP contribution < -0.4 is 10.9 Å². The first-order valence-corrected chi connectivity index (χ1v) is 10.6. The molecule has 164 valence electrons. The van der Waals surface area contributed by atoms with Gasteiger partial charge in [0.05, 0.1) is 19.3 Å². The third kappa shape index (κ3) is 5.26. The molecule has 0 fully saturated rings. The van der Waals surface area contributed by atoms with Crippen molar-refractivity contribution in [1.82, 2.24) is 24.6 Å². The van der Waals surface area contributed by atoms with Gasteiger partial charge in [-0.05, 0) is 36.1 Å². The summed E-state index contributed by atoms with van der Waals surface area (Å²) in [6, 6.07) is 16.1. The van der Waals surface area contributed by atoms with Crippen LogP contribution in [0.25, 0.3) is 11.0 Å². The minimum atomic E-state index is -0.320. The molecule has 0 bridgehead atoms. The highest BCUT2D eigenvalue weighted by Crippen LogP contribution is 2.08. The number of hydrogen-bond acceptors (Lipinski definition) is 4. The van der Waals surface area contributed by atoms with Crippen LogP contribution in [-0.2, 0) is 24.3 Å². The highest BCUT2D eigenvalue weighted by Gasteiger charge is 2.11. The lowest BCUT2D eigenvalue weighted by Crippen LogP contribution is -2.27. The van der Waals surface area contributed by atoms with Crippen molar-refractivity contribution in [2.75, 3.05) is 6.54 Å². The Morgan fingerprint density at radius 2 is 1.81 bits per heavy atom. The van der Waals surface area contributed by atoms with Crippen LogP contribution in [0.1, 0.15) is 24.0 Å². The Morgan fingerprint density at radius 3 is 2.59 bits per heavy atom. The molecule has 8 heteroatoms. The molecule has 0 saturated carbocycles. The van der Waals surface area contributed by atoms with Crippen molar-refractivity contribution in [2.24, 2.45) is 0 Å². The second-order valence-corrected chi connectivity index (χ2v) is 7.60. The van der Waals surface area contributed by atoms with Crippen molar-refractivity contribution in [1.29, 1.82) is 0 Å². The Hall–Kier alpha value is -3.81. The number of benzene rings is 2. The lowest BCUT2D eigenvalue weighted by atomic mass is 10.1. The van der Waals surface area contributed by atoms with Gasteiger partial charge in [-0.3, -0.25) is 14.2 Å². The standard InChI is InChI=1S/C24H24FN5O2/c25-20-11-9-19(10-12-20)16-29-17-27-23-21(24(29)32)15-28-30(23)14-13-26-22(31)8-4-7-18-5-2-1-3-6-18/h1-3,5-6,9-12,15,17H,4,7-8,13-14,16H2,(H,26,31). The van der Waals surface area contributed by atoms with Gasteiger partial charge in [-0.15, -0.1) is 0 Å². The minimum Gasteiger partial charge on any atom is -0.354 e. The molecular formula is C24H24FN5O2. The highest BCUT2D eigenvalue weighted by molar-refractivity contribution is 5.76. The zero-order valence-electron chi connectivity index (χ0n) is 17.6. The average Bonchev–Trinajstić information content (AvgIpc) is 3.22. The van der Waals surface area contributed by atoms with E-state index in [0.29, 0.717) is 37.1 Å². The van der Waals surface area contributed by atoms with Gasteiger partial charge >= 0.3 is 0 Å². The predicted molar refractivity (Wildman–Crippen MR) is 120 cm³/mol. The molecule has 7 nitrogen and oxygen atoms in total. The molecule has 0 aliphatic heterocycles. The van der Waals surface area contributed by atoms with Gasteiger partial charge in [0.25, 0.3) is 5.56 Å². The Kier molecular flexibility index (Phi) is 6.69. The van der Waals surface area contributed by atoms with Crippen molar-refractivity contribution in [3.05, 3.63) is 94.4 Å². The minimum absolute atomic E-state index is 0.00740. The number of rotatable bonds is 9. The maximum Gasteiger partial charge on any atom is 0.264 e. The largest absolute Gasteiger partial charge is 0.354 e. The topological polar surface area (TPSA) is 81.8 Å². The van der Waals surface area contributed by atoms with E-state index in [1.165, 1.54) is 34.8 Å². The smallest absolute Gasteiger partial charge is 0.264 e. The van der Waals surface area contributed by atoms with E-state index in [4.69, 9.17) is 0 Å². The Bertz CT molecular complexity index is 1250. The number of carbonyl (C=O) groups excluding carboxylic acids is 1. The molecule has 1 N–H and O–H groups in total. The van der Waals surface area contributed by atoms with Crippen LogP contribution in [0.2, 0.25) is 0 Å². The predicted octanol–water partition coefficient (Wildman–Crippen LogP) is 2.92. The van der Waals surface area contributed by atoms with Gasteiger partial charge in [-0.2, -0.15) is 5.10 Å². The zero-order chi connectivity index (χ0) is 22.3. The van der Waals surface area contributed by atoms with Gasteiger partial charge in [0.1, 0.15) is 17.5 Å². The first kappa shape index (κ1) is 21.4. The van der Waals surface area contributed by atoms with Crippen LogP contribution in [-0.4, -0.2) is 31.8 Å². The molecule has 2 heterocycles. The van der Waals surface area contributed by atoms with E-state index in [0.717, 1.165) is 18.4 Å². The molecule has 2 aromatic carbocycles. The van der Waals surface area contributed by atoms with E-state index in [9.17, 15) is 14.0 Å². The first-order chi connectivity index (χ1) is 15.6. The van der Waals surface area contributed by atoms with Crippen LogP contribution in [0, 0.1) is 5.82 Å². The third-order valence-corrected chi connectivity index (χ3v) is 5.25. The van der Waals surface area contributed by atoms with Crippen LogP contribution >= 0.6 is 0 Å². The van der Waals surface area contributed by atoms with Crippen molar-refractivity contribution in [3.63, 3.8) is 0 Å². The first-order valence-electron chi connectivity index (χ1n) is 10.6. The number of aryl methyl sites for hydroxylation is 1. The lowest BCUT2D eigenvalue weighted by molar-refractivity contribution is -0.121. The fourth-order valence-corrected chi connectivity index (χ4v) is 3.55. The maximum atomic E-state index is 13.1. The number of amides is 1. The summed E-state index contributed by atoms with van der Waals surface area (Å²) in [4.78, 5) is 29.2. The Labute approximate surface area is 184 Å². The summed E-state index contributed by atoms with van der Waals surface area (Å²) >= 11 is 0. The van der Waals surface area contributed by atoms with E-state index in [-0.39, 0.29) is 17.3 Å². The van der Waals surface area contributed by atoms with E-state index in [2.05, 4.69) is 27.5 Å². The zero-order valence-corrected chi connectivity index (χ0v) is 17.6. The van der Waals surface area contributed by atoms with E-state index in [1.807, 2.05) is 18.2 Å². The lowest BCUT2D eigenvalue weighted by Gasteiger charge is -2.08. The van der Waals surface area contributed by atoms with Crippen molar-refractivity contribution < 1.29 is 9.18 Å². The van der Waals surface area contributed by atoms with Crippen LogP contribution in [0.3, 0.4) is 0 Å². The molecule has 2 aromatic heterocycles. The molecule has 4 rings (SSSR count). The van der Waals surface area contributed by atoms with Gasteiger partial charge in [-0.1, -0.05) is 42.5 Å². The summed E-state index contributed by atoms with van der Waals surface area (Å²) in [6.45, 7) is 1.12. The summed E-state index contributed by atoms with van der Waals surface area (Å²) in [7, 11) is 0. The van der Waals surface area contributed by atoms with Crippen LogP contribution in [0.5, 0.6) is 0 Å². The number of fused-ring (bicyclic) bond motifs is 1. The van der Waals surface area contributed by atoms with Crippen LogP contribution in [0.4, 0.5) is 4.39 Å². The number of hydrogen-bond donors (Lipinski definition) is 1. The number of nitrogens with one attached hydrogen (secondary N) is 1. The van der Waals surface area contributed by atoms with Gasteiger partial charge in [0.15, 0.2) is 5.65 Å². The molecule has 1 amide bonds. The fourth-order valence-electron chi connectivity index (χ4n) is 3.55. The van der Waals surface area contributed by atoms with Crippen molar-refractivity contribution >= 4 is 16.9 Å². The van der Waals surface area contributed by atoms with E-state index >= 15 is 0 Å². The second kappa shape index (κ2) is 10.00. The average molecular weight is 433 g/mol. The molecule has 4 aromatic rings. The molecule has 0 unspecified atom stereocenters. The van der Waals surface area contributed by atoms with Gasteiger partial charge < -0.3 is 5.32 Å². The van der Waals surface area contributed by atoms with E-state index in [1.54, 1.807) is 16.8 Å². The number of halogens is 1. The summed E-state index contributed by atoms with van der Waals surface area (Å²) in [5, 5.41) is 7.55. The number of nitrogens with zero attached hydrogens (tertiary/aromatic N) is 4. The number of carbonyl (C=O) groups is 1. The summed E-state index contributed by atoms with van der Waals surface area (Å²) in [5.74, 6) is -0.328. The second-order valence-electron chi connectivity index (χ2n) is 7.60. The molecule has 0 radical (unpaired) electrons. The molecule has 0 spiro atoms. The summed E-state index contributed by atoms with van der Waals surface area (Å²) in [5.41, 5.74) is 2.29. The molecule has 0 atom stereocenters. The Balaban J connectivity index is 1.31. The SMILES string of the molecule is O=C(CCCc1ccccc1)NCCn1ncc2c(=O)n(Cc3ccc(F)cc3)cnc21. The van der Waals surface area contributed by atoms with Crippen LogP contribution in [0.15, 0.2) is 71.9 Å². The maximum absolute atomic E-state index is 13.1. The molecular weight excluding hydrogens is 409 g/mol.